The Morgan fingerprint density at radius 3 is 2.75 bits per heavy atom. The van der Waals surface area contributed by atoms with Gasteiger partial charge in [0, 0.05) is 12.6 Å². The lowest BCUT2D eigenvalue weighted by atomic mass is 9.79. The molecule has 0 spiro atoms. The summed E-state index contributed by atoms with van der Waals surface area (Å²) in [6.07, 6.45) is 4.64. The molecule has 1 aliphatic heterocycles. The average molecular weight is 165 g/mol. The summed E-state index contributed by atoms with van der Waals surface area (Å²) in [4.78, 5) is 2.58. The lowest BCUT2D eigenvalue weighted by molar-refractivity contribution is 0.242. The van der Waals surface area contributed by atoms with Crippen LogP contribution in [0.15, 0.2) is 0 Å². The van der Waals surface area contributed by atoms with Crippen LogP contribution in [-0.2, 0) is 0 Å². The second-order valence-electron chi connectivity index (χ2n) is 5.24. The van der Waals surface area contributed by atoms with Crippen LogP contribution in [0.2, 0.25) is 0 Å². The summed E-state index contributed by atoms with van der Waals surface area (Å²) in [5, 5.41) is 0. The van der Waals surface area contributed by atoms with Crippen LogP contribution >= 0.6 is 0 Å². The van der Waals surface area contributed by atoms with Gasteiger partial charge >= 0.3 is 0 Å². The van der Waals surface area contributed by atoms with Crippen LogP contribution in [0.25, 0.3) is 0 Å². The molecule has 0 N–H and O–H groups in total. The van der Waals surface area contributed by atoms with Crippen LogP contribution in [0.1, 0.15) is 26.2 Å². The number of hydrogen-bond acceptors (Lipinski definition) is 1. The molecule has 2 aliphatic carbocycles. The Morgan fingerprint density at radius 2 is 1.92 bits per heavy atom. The summed E-state index contributed by atoms with van der Waals surface area (Å²) in [5.74, 6) is 4.45. The topological polar surface area (TPSA) is 3.24 Å². The fourth-order valence-electron chi connectivity index (χ4n) is 3.76. The first-order valence-electron chi connectivity index (χ1n) is 5.47. The summed E-state index contributed by atoms with van der Waals surface area (Å²) >= 11 is 0. The van der Waals surface area contributed by atoms with Gasteiger partial charge in [-0.3, -0.25) is 0 Å². The molecule has 0 bridgehead atoms. The van der Waals surface area contributed by atoms with Crippen molar-refractivity contribution >= 4 is 0 Å². The Bertz CT molecular complexity index is 201. The van der Waals surface area contributed by atoms with Crippen molar-refractivity contribution in [3.8, 4) is 0 Å². The first kappa shape index (κ1) is 7.37. The first-order chi connectivity index (χ1) is 5.77. The molecule has 1 heteroatoms. The summed E-state index contributed by atoms with van der Waals surface area (Å²) in [6, 6.07) is 0.872. The molecule has 0 radical (unpaired) electrons. The average Bonchev–Trinajstić information content (AvgIpc) is 2.77. The molecule has 1 nitrogen and oxygen atoms in total. The van der Waals surface area contributed by atoms with Gasteiger partial charge in [-0.05, 0) is 56.9 Å². The van der Waals surface area contributed by atoms with E-state index in [9.17, 15) is 0 Å². The van der Waals surface area contributed by atoms with Gasteiger partial charge in [0.15, 0.2) is 0 Å². The van der Waals surface area contributed by atoms with Gasteiger partial charge in [-0.1, -0.05) is 0 Å². The zero-order valence-corrected chi connectivity index (χ0v) is 8.16. The maximum atomic E-state index is 2.58. The van der Waals surface area contributed by atoms with Gasteiger partial charge in [0.25, 0.3) is 0 Å². The Balaban J connectivity index is 1.83. The van der Waals surface area contributed by atoms with Crippen LogP contribution in [0.5, 0.6) is 0 Å². The van der Waals surface area contributed by atoms with Crippen LogP contribution in [0.4, 0.5) is 0 Å². The zero-order valence-electron chi connectivity index (χ0n) is 8.16. The van der Waals surface area contributed by atoms with Crippen molar-refractivity contribution in [2.24, 2.45) is 23.7 Å². The molecule has 0 aromatic heterocycles. The fourth-order valence-corrected chi connectivity index (χ4v) is 3.76. The minimum atomic E-state index is 0.872. The predicted molar refractivity (Wildman–Crippen MR) is 49.9 cm³/mol. The molecule has 0 aromatic rings. The smallest absolute Gasteiger partial charge is 0.00954 e. The van der Waals surface area contributed by atoms with Crippen LogP contribution in [0, 0.1) is 23.7 Å². The van der Waals surface area contributed by atoms with Crippen molar-refractivity contribution in [2.45, 2.75) is 32.2 Å². The molecule has 5 unspecified atom stereocenters. The van der Waals surface area contributed by atoms with Crippen LogP contribution in [-0.4, -0.2) is 24.5 Å². The second-order valence-corrected chi connectivity index (χ2v) is 5.24. The molecule has 3 aliphatic rings. The highest BCUT2D eigenvalue weighted by Gasteiger charge is 2.53. The molecule has 1 heterocycles. The standard InChI is InChI=1S/C11H19N/c1-7-9-4-3-8-5-10(8)11(9)6-12(7)2/h7-11H,3-6H2,1-2H3. The Kier molecular flexibility index (Phi) is 1.39. The van der Waals surface area contributed by atoms with Gasteiger partial charge in [0.1, 0.15) is 0 Å². The predicted octanol–water partition coefficient (Wildman–Crippen LogP) is 1.98. The molecule has 0 amide bonds. The third-order valence-corrected chi connectivity index (χ3v) is 4.76. The fraction of sp³-hybridized carbons (Fsp3) is 1.00. The number of likely N-dealkylation sites (tertiary alicyclic amines) is 1. The van der Waals surface area contributed by atoms with E-state index >= 15 is 0 Å². The molecule has 12 heavy (non-hydrogen) atoms. The summed E-state index contributed by atoms with van der Waals surface area (Å²) in [5.41, 5.74) is 0. The second kappa shape index (κ2) is 2.25. The third kappa shape index (κ3) is 0.834. The van der Waals surface area contributed by atoms with Crippen molar-refractivity contribution in [3.63, 3.8) is 0 Å². The molecule has 5 atom stereocenters. The number of fused-ring (bicyclic) bond motifs is 3. The highest BCUT2D eigenvalue weighted by atomic mass is 15.2. The van der Waals surface area contributed by atoms with E-state index in [1.807, 2.05) is 0 Å². The van der Waals surface area contributed by atoms with Gasteiger partial charge in [-0.25, -0.2) is 0 Å². The Morgan fingerprint density at radius 1 is 1.08 bits per heavy atom. The van der Waals surface area contributed by atoms with E-state index in [1.165, 1.54) is 13.0 Å². The lowest BCUT2D eigenvalue weighted by Gasteiger charge is -2.26. The molecule has 68 valence electrons. The SMILES string of the molecule is CC1C2CCC3CC3C2CN1C. The highest BCUT2D eigenvalue weighted by Crippen LogP contribution is 2.57. The maximum absolute atomic E-state index is 2.58. The summed E-state index contributed by atoms with van der Waals surface area (Å²) in [7, 11) is 2.31. The Hall–Kier alpha value is -0.0400. The van der Waals surface area contributed by atoms with E-state index in [0.29, 0.717) is 0 Å². The van der Waals surface area contributed by atoms with Crippen molar-refractivity contribution in [1.29, 1.82) is 0 Å². The van der Waals surface area contributed by atoms with Crippen LogP contribution in [0.3, 0.4) is 0 Å². The molecule has 3 rings (SSSR count). The zero-order chi connectivity index (χ0) is 8.29. The number of nitrogens with zero attached hydrogens (tertiary/aromatic N) is 1. The monoisotopic (exact) mass is 165 g/mol. The van der Waals surface area contributed by atoms with Gasteiger partial charge in [-0.15, -0.1) is 0 Å². The van der Waals surface area contributed by atoms with Crippen LogP contribution < -0.4 is 0 Å². The highest BCUT2D eigenvalue weighted by molar-refractivity contribution is 5.04. The summed E-state index contributed by atoms with van der Waals surface area (Å²) in [6.45, 7) is 3.82. The van der Waals surface area contributed by atoms with Crippen molar-refractivity contribution in [2.75, 3.05) is 13.6 Å². The molecule has 2 saturated carbocycles. The third-order valence-electron chi connectivity index (χ3n) is 4.76. The van der Waals surface area contributed by atoms with Gasteiger partial charge in [0.2, 0.25) is 0 Å². The molecular formula is C11H19N. The van der Waals surface area contributed by atoms with E-state index in [4.69, 9.17) is 0 Å². The minimum absolute atomic E-state index is 0.872. The summed E-state index contributed by atoms with van der Waals surface area (Å²) < 4.78 is 0. The molecule has 0 aromatic carbocycles. The van der Waals surface area contributed by atoms with E-state index in [2.05, 4.69) is 18.9 Å². The molecular weight excluding hydrogens is 146 g/mol. The maximum Gasteiger partial charge on any atom is 0.00954 e. The van der Waals surface area contributed by atoms with Gasteiger partial charge < -0.3 is 4.90 Å². The van der Waals surface area contributed by atoms with E-state index in [1.54, 1.807) is 12.8 Å². The van der Waals surface area contributed by atoms with Crippen molar-refractivity contribution < 1.29 is 0 Å². The quantitative estimate of drug-likeness (QED) is 0.530. The first-order valence-corrected chi connectivity index (χ1v) is 5.47. The van der Waals surface area contributed by atoms with E-state index in [0.717, 1.165) is 29.7 Å². The van der Waals surface area contributed by atoms with Crippen molar-refractivity contribution in [1.82, 2.24) is 4.90 Å². The molecule has 1 saturated heterocycles. The number of rotatable bonds is 0. The van der Waals surface area contributed by atoms with Crippen molar-refractivity contribution in [3.05, 3.63) is 0 Å². The van der Waals surface area contributed by atoms with E-state index < -0.39 is 0 Å². The normalized spacial score (nSPS) is 58.0. The minimum Gasteiger partial charge on any atom is -0.303 e. The molecule has 3 fully saturated rings. The van der Waals surface area contributed by atoms with Gasteiger partial charge in [-0.2, -0.15) is 0 Å². The Labute approximate surface area is 75.1 Å². The van der Waals surface area contributed by atoms with E-state index in [-0.39, 0.29) is 0 Å². The number of hydrogen-bond donors (Lipinski definition) is 0. The largest absolute Gasteiger partial charge is 0.303 e. The van der Waals surface area contributed by atoms with Gasteiger partial charge in [0.05, 0.1) is 0 Å². The lowest BCUT2D eigenvalue weighted by Crippen LogP contribution is -2.27.